The third-order valence-electron chi connectivity index (χ3n) is 6.87. The van der Waals surface area contributed by atoms with Gasteiger partial charge in [-0.2, -0.15) is 0 Å². The van der Waals surface area contributed by atoms with Gasteiger partial charge in [-0.25, -0.2) is 0 Å². The minimum atomic E-state index is -0.508. The number of hydrogen-bond acceptors (Lipinski definition) is 2. The van der Waals surface area contributed by atoms with Gasteiger partial charge >= 0.3 is 11.8 Å². The normalized spacial score (nSPS) is 20.2. The van der Waals surface area contributed by atoms with Gasteiger partial charge in [-0.05, 0) is 62.1 Å². The molecule has 3 rings (SSSR count). The molecule has 2 aliphatic rings. The van der Waals surface area contributed by atoms with E-state index in [4.69, 9.17) is 0 Å². The number of hydrogen-bond donors (Lipinski definition) is 2. The highest BCUT2D eigenvalue weighted by atomic mass is 16.2. The van der Waals surface area contributed by atoms with Crippen LogP contribution >= 0.6 is 0 Å². The predicted molar refractivity (Wildman–Crippen MR) is 122 cm³/mol. The van der Waals surface area contributed by atoms with Crippen LogP contribution < -0.4 is 10.6 Å². The van der Waals surface area contributed by atoms with Gasteiger partial charge in [-0.1, -0.05) is 76.0 Å². The number of carbonyl (C=O) groups is 2. The van der Waals surface area contributed by atoms with Crippen LogP contribution in [0, 0.1) is 0 Å². The maximum absolute atomic E-state index is 12.6. The molecule has 0 spiro atoms. The van der Waals surface area contributed by atoms with E-state index in [1.54, 1.807) is 0 Å². The Labute approximate surface area is 182 Å². The van der Waals surface area contributed by atoms with E-state index >= 15 is 0 Å². The molecule has 4 nitrogen and oxygen atoms in total. The van der Waals surface area contributed by atoms with Gasteiger partial charge in [0.15, 0.2) is 0 Å². The Morgan fingerprint density at radius 3 is 1.97 bits per heavy atom. The van der Waals surface area contributed by atoms with Crippen molar-refractivity contribution in [3.8, 4) is 0 Å². The SMILES string of the molecule is CC(NC(=O)C(=O)NC1CCCCCCCCCCC1)c1ccc2c(c1)CCCC2. The Hall–Kier alpha value is -1.84. The molecule has 0 bridgehead atoms. The fourth-order valence-electron chi connectivity index (χ4n) is 4.93. The van der Waals surface area contributed by atoms with Crippen molar-refractivity contribution in [1.82, 2.24) is 10.6 Å². The summed E-state index contributed by atoms with van der Waals surface area (Å²) in [6.45, 7) is 1.96. The number of rotatable bonds is 3. The number of aryl methyl sites for hydroxylation is 2. The van der Waals surface area contributed by atoms with Crippen molar-refractivity contribution in [2.75, 3.05) is 0 Å². The molecule has 1 unspecified atom stereocenters. The molecule has 1 aromatic carbocycles. The fourth-order valence-corrected chi connectivity index (χ4v) is 4.93. The van der Waals surface area contributed by atoms with Crippen molar-refractivity contribution >= 4 is 11.8 Å². The molecule has 1 saturated carbocycles. The summed E-state index contributed by atoms with van der Waals surface area (Å²) in [4.78, 5) is 25.1. The lowest BCUT2D eigenvalue weighted by Gasteiger charge is -2.21. The predicted octanol–water partition coefficient (Wildman–Crippen LogP) is 5.53. The lowest BCUT2D eigenvalue weighted by Crippen LogP contribution is -2.45. The molecular weight excluding hydrogens is 372 g/mol. The van der Waals surface area contributed by atoms with E-state index in [9.17, 15) is 9.59 Å². The van der Waals surface area contributed by atoms with Crippen molar-refractivity contribution in [1.29, 1.82) is 0 Å². The Morgan fingerprint density at radius 2 is 1.33 bits per heavy atom. The minimum absolute atomic E-state index is 0.127. The lowest BCUT2D eigenvalue weighted by atomic mass is 9.89. The van der Waals surface area contributed by atoms with Crippen LogP contribution in [0.2, 0.25) is 0 Å². The Balaban J connectivity index is 1.50. The van der Waals surface area contributed by atoms with E-state index in [-0.39, 0.29) is 12.1 Å². The highest BCUT2D eigenvalue weighted by molar-refractivity contribution is 6.35. The summed E-state index contributed by atoms with van der Waals surface area (Å²) in [5.74, 6) is -0.983. The Kier molecular flexibility index (Phi) is 9.23. The van der Waals surface area contributed by atoms with Gasteiger partial charge in [0.1, 0.15) is 0 Å². The lowest BCUT2D eigenvalue weighted by molar-refractivity contribution is -0.140. The van der Waals surface area contributed by atoms with Crippen LogP contribution in [0.5, 0.6) is 0 Å². The molecule has 1 atom stereocenters. The average Bonchev–Trinajstić information content (AvgIpc) is 2.75. The topological polar surface area (TPSA) is 58.2 Å². The zero-order valence-electron chi connectivity index (χ0n) is 18.8. The van der Waals surface area contributed by atoms with Crippen LogP contribution in [-0.2, 0) is 22.4 Å². The van der Waals surface area contributed by atoms with Crippen LogP contribution in [0.15, 0.2) is 18.2 Å². The molecule has 0 heterocycles. The summed E-state index contributed by atoms with van der Waals surface area (Å²) in [6.07, 6.45) is 18.1. The molecule has 2 N–H and O–H groups in total. The number of benzene rings is 1. The van der Waals surface area contributed by atoms with E-state index in [0.29, 0.717) is 0 Å². The summed E-state index contributed by atoms with van der Waals surface area (Å²) in [5, 5.41) is 5.94. The number of carbonyl (C=O) groups excluding carboxylic acids is 2. The fraction of sp³-hybridized carbons (Fsp3) is 0.692. The molecule has 2 aliphatic carbocycles. The summed E-state index contributed by atoms with van der Waals surface area (Å²) >= 11 is 0. The molecule has 1 fully saturated rings. The number of fused-ring (bicyclic) bond motifs is 1. The van der Waals surface area contributed by atoms with Gasteiger partial charge in [0.05, 0.1) is 6.04 Å². The third-order valence-corrected chi connectivity index (χ3v) is 6.87. The maximum atomic E-state index is 12.6. The van der Waals surface area contributed by atoms with Gasteiger partial charge in [-0.3, -0.25) is 9.59 Å². The average molecular weight is 413 g/mol. The molecule has 0 saturated heterocycles. The molecule has 166 valence electrons. The number of nitrogens with one attached hydrogen (secondary N) is 2. The summed E-state index contributed by atoms with van der Waals surface area (Å²) in [7, 11) is 0. The van der Waals surface area contributed by atoms with Crippen LogP contribution in [0.25, 0.3) is 0 Å². The summed E-state index contributed by atoms with van der Waals surface area (Å²) < 4.78 is 0. The molecule has 4 heteroatoms. The number of amides is 2. The van der Waals surface area contributed by atoms with Crippen molar-refractivity contribution in [3.63, 3.8) is 0 Å². The van der Waals surface area contributed by atoms with E-state index in [1.165, 1.54) is 68.9 Å². The first-order valence-corrected chi connectivity index (χ1v) is 12.4. The summed E-state index contributed by atoms with van der Waals surface area (Å²) in [6, 6.07) is 6.47. The van der Waals surface area contributed by atoms with Gasteiger partial charge in [0.2, 0.25) is 0 Å². The Morgan fingerprint density at radius 1 is 0.767 bits per heavy atom. The van der Waals surface area contributed by atoms with E-state index < -0.39 is 11.8 Å². The van der Waals surface area contributed by atoms with Crippen LogP contribution in [0.4, 0.5) is 0 Å². The standard InChI is InChI=1S/C26H40N2O2/c1-20(22-18-17-21-13-11-12-14-23(21)19-22)27-25(29)26(30)28-24-15-9-7-5-3-2-4-6-8-10-16-24/h17-20,24H,2-16H2,1H3,(H,27,29)(H,28,30). The first-order chi connectivity index (χ1) is 14.6. The third kappa shape index (κ3) is 7.14. The highest BCUT2D eigenvalue weighted by Crippen LogP contribution is 2.25. The van der Waals surface area contributed by atoms with Crippen LogP contribution in [-0.4, -0.2) is 17.9 Å². The zero-order valence-corrected chi connectivity index (χ0v) is 18.8. The van der Waals surface area contributed by atoms with Crippen molar-refractivity contribution in [2.45, 2.75) is 115 Å². The molecule has 0 aliphatic heterocycles. The van der Waals surface area contributed by atoms with E-state index in [1.807, 2.05) is 6.92 Å². The monoisotopic (exact) mass is 412 g/mol. The van der Waals surface area contributed by atoms with Crippen LogP contribution in [0.3, 0.4) is 0 Å². The van der Waals surface area contributed by atoms with E-state index in [0.717, 1.165) is 44.1 Å². The molecule has 2 amide bonds. The van der Waals surface area contributed by atoms with Crippen molar-refractivity contribution < 1.29 is 9.59 Å². The molecular formula is C26H40N2O2. The molecule has 0 radical (unpaired) electrons. The second kappa shape index (κ2) is 12.1. The van der Waals surface area contributed by atoms with E-state index in [2.05, 4.69) is 28.8 Å². The molecule has 1 aromatic rings. The largest absolute Gasteiger partial charge is 0.345 e. The molecule has 30 heavy (non-hydrogen) atoms. The van der Waals surface area contributed by atoms with Gasteiger partial charge in [0, 0.05) is 6.04 Å². The maximum Gasteiger partial charge on any atom is 0.309 e. The summed E-state index contributed by atoms with van der Waals surface area (Å²) in [5.41, 5.74) is 3.92. The first kappa shape index (κ1) is 22.8. The highest BCUT2D eigenvalue weighted by Gasteiger charge is 2.21. The molecule has 0 aromatic heterocycles. The first-order valence-electron chi connectivity index (χ1n) is 12.4. The Bertz CT molecular complexity index is 688. The second-order valence-corrected chi connectivity index (χ2v) is 9.36. The minimum Gasteiger partial charge on any atom is -0.345 e. The zero-order chi connectivity index (χ0) is 21.2. The van der Waals surface area contributed by atoms with Gasteiger partial charge in [0.25, 0.3) is 0 Å². The smallest absolute Gasteiger partial charge is 0.309 e. The van der Waals surface area contributed by atoms with Crippen molar-refractivity contribution in [2.24, 2.45) is 0 Å². The van der Waals surface area contributed by atoms with Crippen molar-refractivity contribution in [3.05, 3.63) is 34.9 Å². The second-order valence-electron chi connectivity index (χ2n) is 9.36. The quantitative estimate of drug-likeness (QED) is 0.641. The van der Waals surface area contributed by atoms with Crippen LogP contribution in [0.1, 0.15) is 113 Å². The van der Waals surface area contributed by atoms with Gasteiger partial charge < -0.3 is 10.6 Å². The van der Waals surface area contributed by atoms with Gasteiger partial charge in [-0.15, -0.1) is 0 Å².